The molecule has 8 rings (SSSR count). The Hall–Kier alpha value is -5.22. The lowest BCUT2D eigenvalue weighted by Crippen LogP contribution is -2.49. The summed E-state index contributed by atoms with van der Waals surface area (Å²) in [4.78, 5) is -2.58. The fraction of sp³-hybridized carbons (Fsp3) is 0.333. The van der Waals surface area contributed by atoms with Crippen LogP contribution in [-0.4, -0.2) is 70.4 Å². The summed E-state index contributed by atoms with van der Waals surface area (Å²) in [5.41, 5.74) is -24.1. The monoisotopic (exact) mass is 1320 g/mol. The van der Waals surface area contributed by atoms with Gasteiger partial charge < -0.3 is 9.80 Å². The Morgan fingerprint density at radius 2 is 1.00 bits per heavy atom. The fourth-order valence-electron chi connectivity index (χ4n) is 8.79. The molecule has 2 atom stereocenters. The molecule has 4 aromatic heterocycles. The number of thiophene rings is 2. The van der Waals surface area contributed by atoms with Gasteiger partial charge in [-0.1, -0.05) is 59.7 Å². The number of unbranched alkanes of at least 4 members (excludes halogenated alkanes) is 1. The van der Waals surface area contributed by atoms with Crippen molar-refractivity contribution < 1.29 is 87.4 Å². The molecule has 2 unspecified atom stereocenters. The summed E-state index contributed by atoms with van der Waals surface area (Å²) < 4.78 is 293. The number of alkyl halides is 18. The minimum absolute atomic E-state index is 0.0248. The second-order valence-corrected chi connectivity index (χ2v) is 24.3. The standard InChI is InChI=1S/C45H24Cl4F18N8O2S4/c1-3-4-5-73(38-36(81(77)45(65,66)67)28(14-69)71-75(38)34-25(48)8-18(9-26(34)49)42(57,58)59)16-20-11-22-30(79-20)12-29-21(31-32(22)40(52,53)43(60,61)39(31,50)51)10-19(78-29)15-72(2)37-35(80(76)44(62,63)64)27(13-68)70-74(37)33-23(46)6-17(7-24(33)47)41(54,55)56/h6-11H,3-5,12,15-16H2,1-2H3. The van der Waals surface area contributed by atoms with E-state index in [1.165, 1.54) is 12.1 Å². The average molecular weight is 1320 g/mol. The number of aromatic nitrogens is 4. The number of hydrogen-bond donors (Lipinski definition) is 0. The number of nitrogens with zero attached hydrogens (tertiary/aromatic N) is 8. The van der Waals surface area contributed by atoms with E-state index >= 15 is 26.3 Å². The summed E-state index contributed by atoms with van der Waals surface area (Å²) in [5.74, 6) is -19.7. The Bertz CT molecular complexity index is 3690. The van der Waals surface area contributed by atoms with Crippen molar-refractivity contribution in [3.05, 3.63) is 110 Å². The van der Waals surface area contributed by atoms with E-state index < -0.39 is 186 Å². The van der Waals surface area contributed by atoms with Crippen LogP contribution in [0.25, 0.3) is 22.5 Å². The Morgan fingerprint density at radius 3 is 1.36 bits per heavy atom. The highest BCUT2D eigenvalue weighted by Gasteiger charge is 2.81. The summed E-state index contributed by atoms with van der Waals surface area (Å²) in [5, 5.41) is 23.7. The first-order chi connectivity index (χ1) is 37.2. The minimum Gasteiger partial charge on any atom is -0.353 e. The molecule has 0 fully saturated rings. The van der Waals surface area contributed by atoms with Gasteiger partial charge in [0, 0.05) is 50.7 Å². The van der Waals surface area contributed by atoms with Crippen LogP contribution in [0.1, 0.15) is 72.9 Å². The maximum atomic E-state index is 16.4. The van der Waals surface area contributed by atoms with Gasteiger partial charge in [-0.15, -0.1) is 22.7 Å². The molecular formula is C45H24Cl4F18N8O2S4. The molecule has 0 radical (unpaired) electrons. The Kier molecular flexibility index (Phi) is 16.1. The summed E-state index contributed by atoms with van der Waals surface area (Å²) in [6, 6.07) is 5.22. The van der Waals surface area contributed by atoms with Crippen molar-refractivity contribution in [2.75, 3.05) is 23.4 Å². The number of benzene rings is 2. The first-order valence-electron chi connectivity index (χ1n) is 22.0. The van der Waals surface area contributed by atoms with Crippen LogP contribution < -0.4 is 9.80 Å². The van der Waals surface area contributed by atoms with Gasteiger partial charge in [0.1, 0.15) is 33.3 Å². The number of hydrogen-bond acceptors (Lipinski definition) is 10. The Morgan fingerprint density at radius 1 is 0.630 bits per heavy atom. The Labute approximate surface area is 475 Å². The van der Waals surface area contributed by atoms with Gasteiger partial charge in [-0.05, 0) is 53.9 Å². The normalized spacial score (nSPS) is 16.6. The smallest absolute Gasteiger partial charge is 0.353 e. The van der Waals surface area contributed by atoms with Crippen molar-refractivity contribution in [3.63, 3.8) is 0 Å². The molecule has 434 valence electrons. The zero-order valence-electron chi connectivity index (χ0n) is 39.5. The first-order valence-corrected chi connectivity index (χ1v) is 27.4. The quantitative estimate of drug-likeness (QED) is 0.105. The molecule has 2 aliphatic rings. The molecule has 0 amide bonds. The Balaban J connectivity index is 1.29. The lowest BCUT2D eigenvalue weighted by atomic mass is 9.98. The molecule has 81 heavy (non-hydrogen) atoms. The van der Waals surface area contributed by atoms with Gasteiger partial charge in [0.15, 0.2) is 44.6 Å². The molecular weight excluding hydrogens is 1300 g/mol. The highest BCUT2D eigenvalue weighted by Crippen LogP contribution is 2.67. The number of fused-ring (bicyclic) bond motifs is 4. The molecule has 6 aromatic rings. The average Bonchev–Trinajstić information content (AvgIpc) is 4.15. The van der Waals surface area contributed by atoms with Crippen LogP contribution in [-0.2, 0) is 53.5 Å². The molecule has 0 saturated heterocycles. The van der Waals surface area contributed by atoms with Crippen LogP contribution in [0.4, 0.5) is 90.7 Å². The molecule has 36 heteroatoms. The van der Waals surface area contributed by atoms with E-state index in [0.29, 0.717) is 55.1 Å². The third-order valence-electron chi connectivity index (χ3n) is 12.2. The largest absolute Gasteiger partial charge is 0.476 e. The maximum absolute atomic E-state index is 16.4. The maximum Gasteiger partial charge on any atom is 0.476 e. The van der Waals surface area contributed by atoms with E-state index in [4.69, 9.17) is 46.4 Å². The third-order valence-corrected chi connectivity index (χ3v) is 17.9. The topological polar surface area (TPSA) is 124 Å². The lowest BCUT2D eigenvalue weighted by molar-refractivity contribution is -0.254. The summed E-state index contributed by atoms with van der Waals surface area (Å²) in [6.45, 7) is -0.638. The lowest BCUT2D eigenvalue weighted by Gasteiger charge is -2.27. The molecule has 2 aliphatic carbocycles. The van der Waals surface area contributed by atoms with Gasteiger partial charge in [-0.2, -0.15) is 99.7 Å². The van der Waals surface area contributed by atoms with Crippen molar-refractivity contribution in [3.8, 4) is 23.5 Å². The van der Waals surface area contributed by atoms with Crippen molar-refractivity contribution in [2.45, 2.75) is 90.2 Å². The first kappa shape index (κ1) is 61.8. The van der Waals surface area contributed by atoms with E-state index in [0.717, 1.165) is 18.0 Å². The van der Waals surface area contributed by atoms with E-state index in [9.17, 15) is 71.6 Å². The molecule has 0 bridgehead atoms. The van der Waals surface area contributed by atoms with Crippen molar-refractivity contribution >= 4 is 113 Å². The van der Waals surface area contributed by atoms with E-state index in [-0.39, 0.29) is 44.5 Å². The zero-order chi connectivity index (χ0) is 60.4. The molecule has 0 spiro atoms. The van der Waals surface area contributed by atoms with Crippen LogP contribution in [0.3, 0.4) is 0 Å². The number of anilines is 2. The molecule has 4 heterocycles. The number of halogens is 22. The van der Waals surface area contributed by atoms with E-state index in [2.05, 4.69) is 10.2 Å². The molecule has 10 nitrogen and oxygen atoms in total. The predicted octanol–water partition coefficient (Wildman–Crippen LogP) is 16.0. The van der Waals surface area contributed by atoms with Gasteiger partial charge in [0.2, 0.25) is 0 Å². The van der Waals surface area contributed by atoms with E-state index in [1.807, 2.05) is 0 Å². The number of nitriles is 2. The van der Waals surface area contributed by atoms with Crippen LogP contribution in [0.15, 0.2) is 46.2 Å². The number of allylic oxidation sites excluding steroid dienone is 2. The highest BCUT2D eigenvalue weighted by atomic mass is 35.5. The van der Waals surface area contributed by atoms with Crippen LogP contribution in [0.5, 0.6) is 0 Å². The molecule has 0 aliphatic heterocycles. The summed E-state index contributed by atoms with van der Waals surface area (Å²) >= 11 is 25.7. The fourth-order valence-corrected chi connectivity index (χ4v) is 14.4. The van der Waals surface area contributed by atoms with Crippen molar-refractivity contribution in [1.29, 1.82) is 10.5 Å². The molecule has 0 N–H and O–H groups in total. The second kappa shape index (κ2) is 21.1. The van der Waals surface area contributed by atoms with E-state index in [1.54, 1.807) is 6.92 Å². The molecule has 0 saturated carbocycles. The predicted molar refractivity (Wildman–Crippen MR) is 263 cm³/mol. The van der Waals surface area contributed by atoms with Crippen molar-refractivity contribution in [1.82, 2.24) is 19.6 Å². The SMILES string of the molecule is CCCCN(Cc1cc2c(s1)Cc1sc(CN(C)c3c(S(=O)C(F)(F)F)c(C#N)nn3-c3c(Cl)cc(C(F)(F)F)cc3Cl)cc1C1=C2C(F)(F)C(F)(F)C1(F)F)c1c(S(=O)C(F)(F)F)c(C#N)nn1-c1c(Cl)cc(C(F)(F)F)cc1Cl. The van der Waals surface area contributed by atoms with Gasteiger partial charge in [-0.3, -0.25) is 0 Å². The number of rotatable bonds is 13. The highest BCUT2D eigenvalue weighted by molar-refractivity contribution is 7.86. The van der Waals surface area contributed by atoms with Crippen LogP contribution >= 0.6 is 69.1 Å². The van der Waals surface area contributed by atoms with Crippen LogP contribution in [0, 0.1) is 22.7 Å². The zero-order valence-corrected chi connectivity index (χ0v) is 45.8. The summed E-state index contributed by atoms with van der Waals surface area (Å²) in [6.07, 6.45) is -10.7. The third kappa shape index (κ3) is 10.7. The van der Waals surface area contributed by atoms with Gasteiger partial charge in [-0.25, -0.2) is 17.8 Å². The second-order valence-electron chi connectivity index (χ2n) is 17.4. The van der Waals surface area contributed by atoms with Crippen molar-refractivity contribution in [2.24, 2.45) is 0 Å². The van der Waals surface area contributed by atoms with Gasteiger partial charge in [0.25, 0.3) is 0 Å². The minimum atomic E-state index is -6.21. The summed E-state index contributed by atoms with van der Waals surface area (Å²) in [7, 11) is -7.49. The molecule has 2 aromatic carbocycles. The van der Waals surface area contributed by atoms with Crippen LogP contribution in [0.2, 0.25) is 20.1 Å². The van der Waals surface area contributed by atoms with Gasteiger partial charge >= 0.3 is 41.1 Å². The van der Waals surface area contributed by atoms with Gasteiger partial charge in [0.05, 0.1) is 44.3 Å².